The number of carbonyl (C=O) groups excluding carboxylic acids is 1. The number of carbonyl (C=O) groups is 1. The molecule has 0 bridgehead atoms. The number of para-hydroxylation sites is 1. The van der Waals surface area contributed by atoms with Crippen LogP contribution < -0.4 is 9.54 Å². The number of sulfonamides is 1. The molecule has 1 unspecified atom stereocenters. The van der Waals surface area contributed by atoms with Crippen LogP contribution in [-0.2, 0) is 21.9 Å². The molecule has 2 aromatic carbocycles. The number of piperidine rings is 1. The zero-order valence-electron chi connectivity index (χ0n) is 17.1. The molecule has 0 aliphatic carbocycles. The Morgan fingerprint density at radius 3 is 2.65 bits per heavy atom. The van der Waals surface area contributed by atoms with Gasteiger partial charge in [0.2, 0.25) is 10.0 Å². The lowest BCUT2D eigenvalue weighted by atomic mass is 9.99. The minimum absolute atomic E-state index is 0.134. The van der Waals surface area contributed by atoms with E-state index < -0.39 is 15.9 Å². The highest BCUT2D eigenvalue weighted by atomic mass is 79.9. The maximum atomic E-state index is 13.1. The van der Waals surface area contributed by atoms with Crippen LogP contribution in [0.2, 0.25) is 0 Å². The standard InChI is InChI=1S/C21H22BrN3O4S2/c1-24-19-17(22)6-3-7-18(19)30-21(24)23-20(26)14-5-4-12-25(13-14)31(27,28)16-10-8-15(29-2)9-11-16/h3,6-11,14H,4-5,12-13H2,1-2H3. The first-order valence-corrected chi connectivity index (χ1v) is 12.8. The van der Waals surface area contributed by atoms with Gasteiger partial charge in [0.25, 0.3) is 5.91 Å². The highest BCUT2D eigenvalue weighted by Crippen LogP contribution is 2.27. The van der Waals surface area contributed by atoms with Crippen LogP contribution in [-0.4, -0.2) is 43.4 Å². The molecule has 0 N–H and O–H groups in total. The quantitative estimate of drug-likeness (QED) is 0.523. The molecule has 0 spiro atoms. The van der Waals surface area contributed by atoms with E-state index in [1.165, 1.54) is 34.9 Å². The van der Waals surface area contributed by atoms with E-state index in [0.717, 1.165) is 14.7 Å². The van der Waals surface area contributed by atoms with E-state index in [4.69, 9.17) is 4.74 Å². The fourth-order valence-corrected chi connectivity index (χ4v) is 7.05. The Bertz CT molecular complexity index is 1300. The van der Waals surface area contributed by atoms with Crippen LogP contribution in [0.3, 0.4) is 0 Å². The van der Waals surface area contributed by atoms with Gasteiger partial charge in [-0.05, 0) is 65.2 Å². The maximum absolute atomic E-state index is 13.1. The predicted octanol–water partition coefficient (Wildman–Crippen LogP) is 3.54. The van der Waals surface area contributed by atoms with E-state index in [-0.39, 0.29) is 17.3 Å². The van der Waals surface area contributed by atoms with Crippen molar-refractivity contribution in [2.45, 2.75) is 17.7 Å². The lowest BCUT2D eigenvalue weighted by Crippen LogP contribution is -2.42. The third kappa shape index (κ3) is 4.34. The highest BCUT2D eigenvalue weighted by molar-refractivity contribution is 9.10. The topological polar surface area (TPSA) is 81.0 Å². The Hall–Kier alpha value is -2.01. The Labute approximate surface area is 193 Å². The van der Waals surface area contributed by atoms with Crippen LogP contribution in [0.4, 0.5) is 0 Å². The van der Waals surface area contributed by atoms with Crippen molar-refractivity contribution in [3.05, 3.63) is 51.7 Å². The number of methoxy groups -OCH3 is 1. The SMILES string of the molecule is COc1ccc(S(=O)(=O)N2CCCC(C(=O)N=c3sc4cccc(Br)c4n3C)C2)cc1. The van der Waals surface area contributed by atoms with Crippen molar-refractivity contribution < 1.29 is 17.9 Å². The normalized spacial score (nSPS) is 18.4. The van der Waals surface area contributed by atoms with Gasteiger partial charge in [-0.2, -0.15) is 9.30 Å². The summed E-state index contributed by atoms with van der Waals surface area (Å²) in [6.45, 7) is 0.525. The predicted molar refractivity (Wildman–Crippen MR) is 124 cm³/mol. The van der Waals surface area contributed by atoms with Gasteiger partial charge < -0.3 is 9.30 Å². The van der Waals surface area contributed by atoms with E-state index in [1.54, 1.807) is 12.1 Å². The molecule has 164 valence electrons. The summed E-state index contributed by atoms with van der Waals surface area (Å²) in [6, 6.07) is 12.2. The number of halogens is 1. The van der Waals surface area contributed by atoms with Crippen LogP contribution in [0.15, 0.2) is 56.8 Å². The highest BCUT2D eigenvalue weighted by Gasteiger charge is 2.33. The molecule has 2 heterocycles. The zero-order chi connectivity index (χ0) is 22.2. The summed E-state index contributed by atoms with van der Waals surface area (Å²) >= 11 is 4.98. The molecule has 31 heavy (non-hydrogen) atoms. The number of aryl methyl sites for hydroxylation is 1. The third-order valence-electron chi connectivity index (χ3n) is 5.41. The number of hydrogen-bond donors (Lipinski definition) is 0. The molecular formula is C21H22BrN3O4S2. The number of nitrogens with zero attached hydrogens (tertiary/aromatic N) is 3. The number of aromatic nitrogens is 1. The summed E-state index contributed by atoms with van der Waals surface area (Å²) in [4.78, 5) is 18.1. The molecule has 10 heteroatoms. The van der Waals surface area contributed by atoms with Crippen LogP contribution in [0, 0.1) is 5.92 Å². The first-order chi connectivity index (χ1) is 14.8. The van der Waals surface area contributed by atoms with E-state index in [9.17, 15) is 13.2 Å². The summed E-state index contributed by atoms with van der Waals surface area (Å²) in [5, 5.41) is 0. The third-order valence-corrected chi connectivity index (χ3v) is 9.03. The van der Waals surface area contributed by atoms with Crippen LogP contribution in [0.5, 0.6) is 5.75 Å². The van der Waals surface area contributed by atoms with Crippen molar-refractivity contribution in [3.8, 4) is 5.75 Å². The molecule has 1 saturated heterocycles. The minimum Gasteiger partial charge on any atom is -0.497 e. The Kier molecular flexibility index (Phi) is 6.34. The Morgan fingerprint density at radius 2 is 1.97 bits per heavy atom. The molecule has 1 aliphatic heterocycles. The minimum atomic E-state index is -3.69. The van der Waals surface area contributed by atoms with E-state index in [2.05, 4.69) is 20.9 Å². The number of ether oxygens (including phenoxy) is 1. The summed E-state index contributed by atoms with van der Waals surface area (Å²) in [7, 11) is -0.283. The molecule has 1 atom stereocenters. The van der Waals surface area contributed by atoms with Gasteiger partial charge in [-0.3, -0.25) is 4.79 Å². The molecular weight excluding hydrogens is 502 g/mol. The number of benzene rings is 2. The average Bonchev–Trinajstić information content (AvgIpc) is 3.10. The Morgan fingerprint density at radius 1 is 1.23 bits per heavy atom. The van der Waals surface area contributed by atoms with Gasteiger partial charge in [-0.25, -0.2) is 8.42 Å². The molecule has 0 saturated carbocycles. The largest absolute Gasteiger partial charge is 0.497 e. The molecule has 3 aromatic rings. The lowest BCUT2D eigenvalue weighted by molar-refractivity contribution is -0.122. The lowest BCUT2D eigenvalue weighted by Gasteiger charge is -2.30. The second kappa shape index (κ2) is 8.85. The second-order valence-corrected chi connectivity index (χ2v) is 11.2. The van der Waals surface area contributed by atoms with Gasteiger partial charge in [0.15, 0.2) is 4.80 Å². The molecule has 1 aliphatic rings. The van der Waals surface area contributed by atoms with Crippen LogP contribution in [0.1, 0.15) is 12.8 Å². The first-order valence-electron chi connectivity index (χ1n) is 9.78. The molecule has 1 amide bonds. The first kappa shape index (κ1) is 22.2. The number of rotatable bonds is 4. The van der Waals surface area contributed by atoms with Gasteiger partial charge in [0.05, 0.1) is 28.1 Å². The Balaban J connectivity index is 1.58. The summed E-state index contributed by atoms with van der Waals surface area (Å²) in [5.74, 6) is -0.157. The van der Waals surface area contributed by atoms with Crippen LogP contribution in [0.25, 0.3) is 10.2 Å². The molecule has 1 aromatic heterocycles. The zero-order valence-corrected chi connectivity index (χ0v) is 20.3. The summed E-state index contributed by atoms with van der Waals surface area (Å²) in [6.07, 6.45) is 1.24. The smallest absolute Gasteiger partial charge is 0.252 e. The average molecular weight is 524 g/mol. The van der Waals surface area contributed by atoms with E-state index in [1.807, 2.05) is 29.8 Å². The van der Waals surface area contributed by atoms with Gasteiger partial charge in [0, 0.05) is 24.6 Å². The van der Waals surface area contributed by atoms with Crippen molar-refractivity contribution in [2.24, 2.45) is 18.0 Å². The maximum Gasteiger partial charge on any atom is 0.252 e. The van der Waals surface area contributed by atoms with Crippen molar-refractivity contribution in [2.75, 3.05) is 20.2 Å². The van der Waals surface area contributed by atoms with Gasteiger partial charge in [-0.1, -0.05) is 17.4 Å². The van der Waals surface area contributed by atoms with Crippen molar-refractivity contribution >= 4 is 53.4 Å². The molecule has 0 radical (unpaired) electrons. The second-order valence-electron chi connectivity index (χ2n) is 7.36. The fourth-order valence-electron chi connectivity index (χ4n) is 3.71. The number of fused-ring (bicyclic) bond motifs is 1. The fraction of sp³-hybridized carbons (Fsp3) is 0.333. The van der Waals surface area contributed by atoms with Gasteiger partial charge >= 0.3 is 0 Å². The van der Waals surface area contributed by atoms with E-state index in [0.29, 0.717) is 29.9 Å². The molecule has 1 fully saturated rings. The molecule has 7 nitrogen and oxygen atoms in total. The number of thiazole rings is 1. The summed E-state index contributed by atoms with van der Waals surface area (Å²) < 4.78 is 36.5. The van der Waals surface area contributed by atoms with Crippen molar-refractivity contribution in [3.63, 3.8) is 0 Å². The van der Waals surface area contributed by atoms with E-state index >= 15 is 0 Å². The van der Waals surface area contributed by atoms with Gasteiger partial charge in [-0.15, -0.1) is 0 Å². The van der Waals surface area contributed by atoms with Crippen molar-refractivity contribution in [1.29, 1.82) is 0 Å². The van der Waals surface area contributed by atoms with Crippen LogP contribution >= 0.6 is 27.3 Å². The molecule has 4 rings (SSSR count). The van der Waals surface area contributed by atoms with Gasteiger partial charge in [0.1, 0.15) is 5.75 Å². The number of hydrogen-bond acceptors (Lipinski definition) is 5. The monoisotopic (exact) mass is 523 g/mol. The summed E-state index contributed by atoms with van der Waals surface area (Å²) in [5.41, 5.74) is 0.978. The number of amides is 1. The van der Waals surface area contributed by atoms with Crippen molar-refractivity contribution in [1.82, 2.24) is 8.87 Å².